The number of pyridine rings is 1. The molecule has 0 amide bonds. The maximum absolute atomic E-state index is 12.9. The summed E-state index contributed by atoms with van der Waals surface area (Å²) in [6.07, 6.45) is 2.26. The van der Waals surface area contributed by atoms with Gasteiger partial charge in [-0.25, -0.2) is 4.79 Å². The lowest BCUT2D eigenvalue weighted by molar-refractivity contribution is -0.138. The molecule has 0 bridgehead atoms. The minimum atomic E-state index is -0.996. The monoisotopic (exact) mass is 391 g/mol. The Balaban J connectivity index is 2.25. The van der Waals surface area contributed by atoms with E-state index in [1.807, 2.05) is 31.2 Å². The Morgan fingerprint density at radius 2 is 2.21 bits per heavy atom. The van der Waals surface area contributed by atoms with Gasteiger partial charge in [0.2, 0.25) is 5.88 Å². The molecule has 2 heterocycles. The quantitative estimate of drug-likeness (QED) is 0.598. The number of hydrogen-bond donors (Lipinski definition) is 2. The normalized spacial score (nSPS) is 16.4. The number of esters is 1. The molecule has 1 aromatic carbocycles. The largest absolute Gasteiger partial charge is 0.458 e. The molecular formula is C22H21N3O4. The van der Waals surface area contributed by atoms with E-state index in [1.165, 1.54) is 6.08 Å². The van der Waals surface area contributed by atoms with Gasteiger partial charge < -0.3 is 20.2 Å². The number of nitrogens with two attached hydrogens (primary N) is 1. The fourth-order valence-electron chi connectivity index (χ4n) is 3.38. The number of carbonyl (C=O) groups is 1. The molecule has 0 radical (unpaired) electrons. The van der Waals surface area contributed by atoms with Gasteiger partial charge in [-0.3, -0.25) is 4.79 Å². The summed E-state index contributed by atoms with van der Waals surface area (Å²) in [5, 5.41) is 10.5. The van der Waals surface area contributed by atoms with Crippen LogP contribution in [-0.4, -0.2) is 17.6 Å². The van der Waals surface area contributed by atoms with E-state index >= 15 is 0 Å². The Labute approximate surface area is 167 Å². The highest BCUT2D eigenvalue weighted by molar-refractivity contribution is 5.93. The van der Waals surface area contributed by atoms with E-state index in [0.717, 1.165) is 17.4 Å². The van der Waals surface area contributed by atoms with Crippen molar-refractivity contribution in [2.24, 2.45) is 5.73 Å². The van der Waals surface area contributed by atoms with Gasteiger partial charge in [-0.15, -0.1) is 0 Å². The molecule has 1 aliphatic heterocycles. The maximum atomic E-state index is 12.9. The van der Waals surface area contributed by atoms with Crippen LogP contribution >= 0.6 is 0 Å². The Kier molecular flexibility index (Phi) is 5.55. The van der Waals surface area contributed by atoms with Gasteiger partial charge in [-0.2, -0.15) is 5.26 Å². The molecule has 7 nitrogen and oxygen atoms in total. The van der Waals surface area contributed by atoms with Crippen molar-refractivity contribution in [2.45, 2.75) is 26.2 Å². The van der Waals surface area contributed by atoms with Crippen LogP contribution in [0.25, 0.3) is 10.9 Å². The molecule has 0 spiro atoms. The van der Waals surface area contributed by atoms with Gasteiger partial charge in [-0.05, 0) is 42.5 Å². The van der Waals surface area contributed by atoms with E-state index in [9.17, 15) is 14.9 Å². The molecule has 1 aliphatic rings. The average Bonchev–Trinajstić information content (AvgIpc) is 2.70. The van der Waals surface area contributed by atoms with Gasteiger partial charge in [0.25, 0.3) is 5.56 Å². The first-order chi connectivity index (χ1) is 13.9. The maximum Gasteiger partial charge on any atom is 0.338 e. The summed E-state index contributed by atoms with van der Waals surface area (Å²) in [5.74, 6) is -1.65. The van der Waals surface area contributed by atoms with Crippen molar-refractivity contribution in [3.05, 3.63) is 81.2 Å². The molecule has 1 aromatic heterocycles. The molecule has 0 unspecified atom stereocenters. The number of aryl methyl sites for hydroxylation is 1. The van der Waals surface area contributed by atoms with E-state index in [0.29, 0.717) is 5.52 Å². The first kappa shape index (κ1) is 20.0. The van der Waals surface area contributed by atoms with Crippen LogP contribution < -0.4 is 11.3 Å². The van der Waals surface area contributed by atoms with E-state index < -0.39 is 17.4 Å². The molecule has 7 heteroatoms. The van der Waals surface area contributed by atoms with Gasteiger partial charge in [-0.1, -0.05) is 25.6 Å². The summed E-state index contributed by atoms with van der Waals surface area (Å²) in [4.78, 5) is 28.4. The number of carbonyl (C=O) groups excluding carboxylic acids is 1. The number of ether oxygens (including phenoxy) is 2. The molecule has 148 valence electrons. The zero-order valence-corrected chi connectivity index (χ0v) is 16.2. The number of H-pyrrole nitrogens is 1. The summed E-state index contributed by atoms with van der Waals surface area (Å²) >= 11 is 0. The number of rotatable bonds is 5. The number of fused-ring (bicyclic) bond motifs is 1. The number of hydrogen-bond acceptors (Lipinski definition) is 6. The minimum Gasteiger partial charge on any atom is -0.458 e. The van der Waals surface area contributed by atoms with Gasteiger partial charge >= 0.3 is 5.97 Å². The van der Waals surface area contributed by atoms with Crippen molar-refractivity contribution < 1.29 is 14.3 Å². The number of nitriles is 1. The molecule has 3 rings (SSSR count). The third kappa shape index (κ3) is 3.65. The van der Waals surface area contributed by atoms with E-state index in [2.05, 4.69) is 11.6 Å². The second-order valence-electron chi connectivity index (χ2n) is 6.61. The van der Waals surface area contributed by atoms with Crippen molar-refractivity contribution in [1.29, 1.82) is 5.26 Å². The summed E-state index contributed by atoms with van der Waals surface area (Å²) in [6.45, 7) is 7.08. The van der Waals surface area contributed by atoms with Gasteiger partial charge in [0.15, 0.2) is 0 Å². The van der Waals surface area contributed by atoms with Crippen LogP contribution in [0.15, 0.2) is 64.5 Å². The Bertz CT molecular complexity index is 1160. The van der Waals surface area contributed by atoms with Crippen LogP contribution in [-0.2, 0) is 20.7 Å². The Morgan fingerprint density at radius 1 is 1.45 bits per heavy atom. The summed E-state index contributed by atoms with van der Waals surface area (Å²) in [7, 11) is 0. The fourth-order valence-corrected chi connectivity index (χ4v) is 3.38. The first-order valence-electron chi connectivity index (χ1n) is 9.13. The molecule has 0 saturated heterocycles. The standard InChI is InChI=1S/C22H21N3O4/c1-4-8-28-22(27)18-12(3)29-20(24)16(11-23)19(18)15-10-14-9-13(5-2)6-7-17(14)25-21(15)26/h4,6-7,9-10,19H,1,5,8,24H2,2-3H3,(H,25,26)/t19-/m1/s1. The van der Waals surface area contributed by atoms with Crippen LogP contribution in [0.1, 0.15) is 30.9 Å². The zero-order chi connectivity index (χ0) is 21.1. The van der Waals surface area contributed by atoms with Gasteiger partial charge in [0, 0.05) is 11.1 Å². The topological polar surface area (TPSA) is 118 Å². The molecule has 0 aliphatic carbocycles. The number of nitrogens with one attached hydrogen (secondary N) is 1. The highest BCUT2D eigenvalue weighted by Gasteiger charge is 2.37. The third-order valence-electron chi connectivity index (χ3n) is 4.81. The number of benzene rings is 1. The number of aromatic nitrogens is 1. The zero-order valence-electron chi connectivity index (χ0n) is 16.2. The average molecular weight is 391 g/mol. The van der Waals surface area contributed by atoms with Crippen LogP contribution in [0.3, 0.4) is 0 Å². The molecule has 2 aromatic rings. The van der Waals surface area contributed by atoms with Crippen LogP contribution in [0, 0.1) is 11.3 Å². The van der Waals surface area contributed by atoms with Crippen LogP contribution in [0.5, 0.6) is 0 Å². The summed E-state index contributed by atoms with van der Waals surface area (Å²) in [5.41, 5.74) is 7.50. The Morgan fingerprint density at radius 3 is 2.86 bits per heavy atom. The highest BCUT2D eigenvalue weighted by atomic mass is 16.5. The fraction of sp³-hybridized carbons (Fsp3) is 0.227. The number of nitrogens with zero attached hydrogens (tertiary/aromatic N) is 1. The highest BCUT2D eigenvalue weighted by Crippen LogP contribution is 2.38. The Hall–Kier alpha value is -3.79. The van der Waals surface area contributed by atoms with Gasteiger partial charge in [0.05, 0.1) is 11.5 Å². The lowest BCUT2D eigenvalue weighted by atomic mass is 9.83. The van der Waals surface area contributed by atoms with E-state index in [-0.39, 0.29) is 35.0 Å². The second kappa shape index (κ2) is 8.07. The SMILES string of the molecule is C=CCOC(=O)C1=C(C)OC(N)=C(C#N)[C@H]1c1cc2cc(CC)ccc2[nH]c1=O. The van der Waals surface area contributed by atoms with Crippen molar-refractivity contribution in [1.82, 2.24) is 4.98 Å². The van der Waals surface area contributed by atoms with Crippen molar-refractivity contribution in [2.75, 3.05) is 6.61 Å². The lowest BCUT2D eigenvalue weighted by Gasteiger charge is -2.26. The number of allylic oxidation sites excluding steroid dienone is 2. The van der Waals surface area contributed by atoms with Crippen LogP contribution in [0.2, 0.25) is 0 Å². The van der Waals surface area contributed by atoms with Crippen molar-refractivity contribution in [3.63, 3.8) is 0 Å². The van der Waals surface area contributed by atoms with Crippen molar-refractivity contribution >= 4 is 16.9 Å². The van der Waals surface area contributed by atoms with Gasteiger partial charge in [0.1, 0.15) is 24.0 Å². The van der Waals surface area contributed by atoms with E-state index in [1.54, 1.807) is 13.0 Å². The molecule has 29 heavy (non-hydrogen) atoms. The predicted molar refractivity (Wildman–Crippen MR) is 108 cm³/mol. The molecule has 3 N–H and O–H groups in total. The third-order valence-corrected chi connectivity index (χ3v) is 4.81. The van der Waals surface area contributed by atoms with E-state index in [4.69, 9.17) is 15.2 Å². The molecule has 1 atom stereocenters. The molecule has 0 fully saturated rings. The second-order valence-corrected chi connectivity index (χ2v) is 6.61. The minimum absolute atomic E-state index is 0.0161. The summed E-state index contributed by atoms with van der Waals surface area (Å²) in [6, 6.07) is 9.39. The first-order valence-corrected chi connectivity index (χ1v) is 9.13. The molecule has 0 saturated carbocycles. The lowest BCUT2D eigenvalue weighted by Crippen LogP contribution is -2.29. The smallest absolute Gasteiger partial charge is 0.338 e. The molecular weight excluding hydrogens is 370 g/mol. The summed E-state index contributed by atoms with van der Waals surface area (Å²) < 4.78 is 10.6. The van der Waals surface area contributed by atoms with Crippen molar-refractivity contribution in [3.8, 4) is 6.07 Å². The predicted octanol–water partition coefficient (Wildman–Crippen LogP) is 2.90. The van der Waals surface area contributed by atoms with Crippen LogP contribution in [0.4, 0.5) is 0 Å². The number of aromatic amines is 1.